The minimum atomic E-state index is -4.84. The number of methoxy groups -OCH3 is 1. The monoisotopic (exact) mass is 750 g/mol. The van der Waals surface area contributed by atoms with Crippen molar-refractivity contribution >= 4 is 75.9 Å². The average molecular weight is 751 g/mol. The smallest absolute Gasteiger partial charge is 0.748 e. The molecule has 3 N–H and O–H groups in total. The summed E-state index contributed by atoms with van der Waals surface area (Å²) in [6.45, 7) is 3.67. The van der Waals surface area contributed by atoms with Crippen molar-refractivity contribution in [2.45, 2.75) is 35.2 Å². The number of aromatic nitrogens is 3. The Hall–Kier alpha value is -2.99. The van der Waals surface area contributed by atoms with Crippen LogP contribution < -0.4 is 44.3 Å². The summed E-state index contributed by atoms with van der Waals surface area (Å²) in [6.07, 6.45) is 0.0932. The molecule has 0 fully saturated rings. The fourth-order valence-electron chi connectivity index (χ4n) is 4.14. The number of ether oxygens (including phenoxy) is 2. The zero-order chi connectivity index (χ0) is 34.6. The summed E-state index contributed by atoms with van der Waals surface area (Å²) < 4.78 is 111. The van der Waals surface area contributed by atoms with Gasteiger partial charge in [0.1, 0.15) is 15.5 Å². The van der Waals surface area contributed by atoms with E-state index in [0.29, 0.717) is 11.3 Å². The third-order valence-electron chi connectivity index (χ3n) is 6.13. The molecule has 0 aliphatic carbocycles. The first-order valence-corrected chi connectivity index (χ1v) is 18.8. The molecule has 252 valence electrons. The van der Waals surface area contributed by atoms with Crippen LogP contribution in [0.3, 0.4) is 0 Å². The quantitative estimate of drug-likeness (QED) is 0.0541. The normalized spacial score (nSPS) is 12.2. The van der Waals surface area contributed by atoms with Crippen molar-refractivity contribution in [3.8, 4) is 11.8 Å². The molecule has 0 radical (unpaired) electrons. The molecule has 17 nitrogen and oxygen atoms in total. The van der Waals surface area contributed by atoms with Crippen molar-refractivity contribution in [1.82, 2.24) is 15.0 Å². The number of nitrogens with one attached hydrogen (secondary N) is 1. The number of azo groups is 1. The summed E-state index contributed by atoms with van der Waals surface area (Å²) in [7, 11) is -12.6. The van der Waals surface area contributed by atoms with Crippen molar-refractivity contribution in [2.75, 3.05) is 30.5 Å². The summed E-state index contributed by atoms with van der Waals surface area (Å²) >= 11 is 1.11. The van der Waals surface area contributed by atoms with Crippen LogP contribution in [0.25, 0.3) is 10.8 Å². The van der Waals surface area contributed by atoms with Gasteiger partial charge in [-0.15, -0.1) is 0 Å². The number of rotatable bonds is 14. The van der Waals surface area contributed by atoms with Crippen LogP contribution in [0.4, 0.5) is 23.0 Å². The molecule has 48 heavy (non-hydrogen) atoms. The fraction of sp³-hybridized carbons (Fsp3) is 0.269. The van der Waals surface area contributed by atoms with E-state index in [9.17, 15) is 38.9 Å². The summed E-state index contributed by atoms with van der Waals surface area (Å²) in [5, 5.41) is 11.1. The van der Waals surface area contributed by atoms with E-state index in [2.05, 4.69) is 30.5 Å². The maximum atomic E-state index is 12.1. The van der Waals surface area contributed by atoms with Crippen molar-refractivity contribution in [3.05, 3.63) is 48.0 Å². The predicted molar refractivity (Wildman–Crippen MR) is 170 cm³/mol. The van der Waals surface area contributed by atoms with Crippen LogP contribution in [-0.2, 0) is 30.4 Å². The average Bonchev–Trinajstić information content (AvgIpc) is 2.97. The fourth-order valence-corrected chi connectivity index (χ4v) is 7.01. The Labute approximate surface area is 302 Å². The SMILES string of the molecule is CCOc1nc(Nc2cc(C)c(N=Nc3cc(S(=O)(=O)O)c4cccc(S(=O)(=O)O)c4c3)cc2OC)nc(SCCCS(=O)(=O)[O-])n1.[Na+]. The molecule has 0 atom stereocenters. The third kappa shape index (κ3) is 10.5. The molecule has 1 aromatic heterocycles. The zero-order valence-corrected chi connectivity index (χ0v) is 31.1. The van der Waals surface area contributed by atoms with Crippen LogP contribution >= 0.6 is 11.8 Å². The molecular weight excluding hydrogens is 724 g/mol. The molecule has 0 aliphatic rings. The molecular formula is C26H27N6NaO11S4. The van der Waals surface area contributed by atoms with E-state index in [0.717, 1.165) is 23.9 Å². The van der Waals surface area contributed by atoms with Crippen LogP contribution in [0, 0.1) is 6.92 Å². The van der Waals surface area contributed by atoms with E-state index < -0.39 is 45.9 Å². The van der Waals surface area contributed by atoms with Gasteiger partial charge in [0.15, 0.2) is 5.16 Å². The van der Waals surface area contributed by atoms with Gasteiger partial charge in [-0.25, -0.2) is 8.42 Å². The Bertz CT molecular complexity index is 2190. The molecule has 0 saturated carbocycles. The Kier molecular flexibility index (Phi) is 13.3. The third-order valence-corrected chi connectivity index (χ3v) is 9.66. The van der Waals surface area contributed by atoms with Crippen molar-refractivity contribution in [3.63, 3.8) is 0 Å². The van der Waals surface area contributed by atoms with Gasteiger partial charge in [0.05, 0.1) is 40.9 Å². The van der Waals surface area contributed by atoms with Gasteiger partial charge in [-0.2, -0.15) is 42.0 Å². The first-order chi connectivity index (χ1) is 22.0. The zero-order valence-electron chi connectivity index (χ0n) is 25.8. The molecule has 0 aliphatic heterocycles. The summed E-state index contributed by atoms with van der Waals surface area (Å²) in [6, 6.07) is 8.88. The molecule has 0 bridgehead atoms. The molecule has 4 aromatic rings. The minimum absolute atomic E-state index is 0. The van der Waals surface area contributed by atoms with E-state index in [1.54, 1.807) is 19.9 Å². The molecule has 0 saturated heterocycles. The Balaban J connectivity index is 0.00000625. The van der Waals surface area contributed by atoms with Crippen LogP contribution in [0.15, 0.2) is 67.6 Å². The summed E-state index contributed by atoms with van der Waals surface area (Å²) in [5.41, 5.74) is 1.05. The summed E-state index contributed by atoms with van der Waals surface area (Å²) in [4.78, 5) is 11.5. The molecule has 0 amide bonds. The van der Waals surface area contributed by atoms with Gasteiger partial charge in [-0.3, -0.25) is 9.11 Å². The molecule has 22 heteroatoms. The standard InChI is InChI=1S/C26H28N6O11S4.Na/c1-4-43-25-28-24(29-26(30-25)44-9-6-10-45(33,34)35)27-20-11-15(2)19(14-21(20)42-3)32-31-16-12-18-17(23(13-16)47(39,40)41)7-5-8-22(18)46(36,37)38;/h5,7-8,11-14H,4,6,9-10H2,1-3H3,(H,33,34,35)(H,36,37,38)(H,39,40,41)(H,27,28,29,30);/q;+1/p-1. The minimum Gasteiger partial charge on any atom is -0.748 e. The van der Waals surface area contributed by atoms with Crippen LogP contribution in [-0.4, -0.2) is 79.1 Å². The van der Waals surface area contributed by atoms with Gasteiger partial charge in [-0.1, -0.05) is 23.9 Å². The first-order valence-electron chi connectivity index (χ1n) is 13.3. The Morgan fingerprint density at radius 2 is 1.65 bits per heavy atom. The topological polar surface area (TPSA) is 260 Å². The molecule has 1 heterocycles. The van der Waals surface area contributed by atoms with Gasteiger partial charge < -0.3 is 19.3 Å². The molecule has 4 rings (SSSR count). The number of hydrogen-bond acceptors (Lipinski definition) is 16. The maximum absolute atomic E-state index is 12.1. The number of fused-ring (bicyclic) bond motifs is 1. The molecule has 0 unspecified atom stereocenters. The molecule has 0 spiro atoms. The van der Waals surface area contributed by atoms with E-state index in [4.69, 9.17) is 9.47 Å². The summed E-state index contributed by atoms with van der Waals surface area (Å²) in [5.74, 6) is 0.0446. The number of nitrogens with zero attached hydrogens (tertiary/aromatic N) is 5. The van der Waals surface area contributed by atoms with Crippen molar-refractivity contribution < 1.29 is 77.9 Å². The van der Waals surface area contributed by atoms with Gasteiger partial charge >= 0.3 is 35.6 Å². The van der Waals surface area contributed by atoms with Crippen molar-refractivity contribution in [2.24, 2.45) is 10.2 Å². The number of anilines is 2. The van der Waals surface area contributed by atoms with Crippen molar-refractivity contribution in [1.29, 1.82) is 0 Å². The second-order valence-corrected chi connectivity index (χ2v) is 14.9. The van der Waals surface area contributed by atoms with Gasteiger partial charge in [0.25, 0.3) is 20.2 Å². The Morgan fingerprint density at radius 3 is 2.27 bits per heavy atom. The molecule has 3 aromatic carbocycles. The van der Waals surface area contributed by atoms with Gasteiger partial charge in [-0.05, 0) is 50.1 Å². The van der Waals surface area contributed by atoms with E-state index >= 15 is 0 Å². The maximum Gasteiger partial charge on any atom is 1.00 e. The largest absolute Gasteiger partial charge is 1.00 e. The Morgan fingerprint density at radius 1 is 0.938 bits per heavy atom. The van der Waals surface area contributed by atoms with Crippen LogP contribution in [0.1, 0.15) is 18.9 Å². The number of hydrogen-bond donors (Lipinski definition) is 3. The van der Waals surface area contributed by atoms with Crippen LogP contribution in [0.5, 0.6) is 11.8 Å². The number of aryl methyl sites for hydroxylation is 1. The first kappa shape index (κ1) is 39.4. The number of thioether (sulfide) groups is 1. The van der Waals surface area contributed by atoms with Gasteiger partial charge in [0.2, 0.25) is 5.95 Å². The number of benzene rings is 3. The van der Waals surface area contributed by atoms with E-state index in [-0.39, 0.29) is 93.3 Å². The van der Waals surface area contributed by atoms with Crippen LogP contribution in [0.2, 0.25) is 0 Å². The second kappa shape index (κ2) is 16.1. The predicted octanol–water partition coefficient (Wildman–Crippen LogP) is 1.42. The van der Waals surface area contributed by atoms with E-state index in [1.807, 2.05) is 0 Å². The van der Waals surface area contributed by atoms with E-state index in [1.165, 1.54) is 31.4 Å². The van der Waals surface area contributed by atoms with Gasteiger partial charge in [0, 0.05) is 28.3 Å². The second-order valence-electron chi connectivity index (χ2n) is 9.53.